The van der Waals surface area contributed by atoms with Gasteiger partial charge in [-0.25, -0.2) is 0 Å². The number of hydrogen-bond acceptors (Lipinski definition) is 2. The summed E-state index contributed by atoms with van der Waals surface area (Å²) in [6.07, 6.45) is 4.34. The molecule has 0 heterocycles. The van der Waals surface area contributed by atoms with Gasteiger partial charge >= 0.3 is 0 Å². The highest BCUT2D eigenvalue weighted by Gasteiger charge is 1.99. The van der Waals surface area contributed by atoms with Crippen molar-refractivity contribution < 1.29 is 4.74 Å². The topological polar surface area (TPSA) is 21.6 Å². The molecule has 0 saturated carbocycles. The molecule has 0 aliphatic heterocycles. The first-order valence-corrected chi connectivity index (χ1v) is 5.36. The van der Waals surface area contributed by atoms with E-state index in [1.54, 1.807) is 0 Å². The summed E-state index contributed by atoms with van der Waals surface area (Å²) in [5.74, 6) is 0. The Morgan fingerprint density at radius 2 is 2.00 bits per heavy atom. The third kappa shape index (κ3) is 7.99. The summed E-state index contributed by atoms with van der Waals surface area (Å²) in [6.45, 7) is 11.0. The zero-order valence-electron chi connectivity index (χ0n) is 10.1. The summed E-state index contributed by atoms with van der Waals surface area (Å²) in [5.41, 5.74) is 2.37. The van der Waals surface area contributed by atoms with E-state index >= 15 is 0 Å². The Bertz CT molecular complexity index is 200. The number of allylic oxidation sites excluding steroid dienone is 1. The van der Waals surface area contributed by atoms with E-state index in [2.05, 4.69) is 25.8 Å². The highest BCUT2D eigenvalue weighted by molar-refractivity contribution is 5.86. The molecule has 2 nitrogen and oxygen atoms in total. The molecule has 0 atom stereocenters. The second-order valence-corrected chi connectivity index (χ2v) is 4.01. The van der Waals surface area contributed by atoms with Crippen LogP contribution in [0.5, 0.6) is 0 Å². The SMILES string of the molecule is CCCC(COC(C)C)=NC=C(C)C. The minimum atomic E-state index is 0.281. The van der Waals surface area contributed by atoms with Crippen molar-refractivity contribution >= 4 is 5.71 Å². The average molecular weight is 197 g/mol. The van der Waals surface area contributed by atoms with Gasteiger partial charge in [-0.2, -0.15) is 0 Å². The average Bonchev–Trinajstić information content (AvgIpc) is 2.09. The largest absolute Gasteiger partial charge is 0.373 e. The van der Waals surface area contributed by atoms with Gasteiger partial charge in [0.05, 0.1) is 12.7 Å². The first-order valence-electron chi connectivity index (χ1n) is 5.36. The Morgan fingerprint density at radius 1 is 1.36 bits per heavy atom. The second-order valence-electron chi connectivity index (χ2n) is 4.01. The van der Waals surface area contributed by atoms with Crippen molar-refractivity contribution in [3.05, 3.63) is 11.8 Å². The molecule has 0 aromatic carbocycles. The number of rotatable bonds is 6. The molecular formula is C12H23NO. The molecule has 0 aliphatic rings. The van der Waals surface area contributed by atoms with E-state index in [0.29, 0.717) is 6.61 Å². The van der Waals surface area contributed by atoms with E-state index in [4.69, 9.17) is 4.74 Å². The third-order valence-corrected chi connectivity index (χ3v) is 1.63. The molecule has 0 N–H and O–H groups in total. The molecular weight excluding hydrogens is 174 g/mol. The number of hydrogen-bond donors (Lipinski definition) is 0. The van der Waals surface area contributed by atoms with E-state index in [1.165, 1.54) is 5.57 Å². The quantitative estimate of drug-likeness (QED) is 0.596. The van der Waals surface area contributed by atoms with Crippen LogP contribution in [-0.2, 0) is 4.74 Å². The van der Waals surface area contributed by atoms with Crippen molar-refractivity contribution in [3.63, 3.8) is 0 Å². The lowest BCUT2D eigenvalue weighted by molar-refractivity contribution is 0.110. The lowest BCUT2D eigenvalue weighted by atomic mass is 10.2. The Hall–Kier alpha value is -0.630. The van der Waals surface area contributed by atoms with Crippen LogP contribution >= 0.6 is 0 Å². The zero-order chi connectivity index (χ0) is 11.0. The van der Waals surface area contributed by atoms with Crippen LogP contribution in [0.15, 0.2) is 16.8 Å². The maximum Gasteiger partial charge on any atom is 0.0852 e. The minimum Gasteiger partial charge on any atom is -0.373 e. The maximum atomic E-state index is 5.53. The van der Waals surface area contributed by atoms with Crippen molar-refractivity contribution in [1.29, 1.82) is 0 Å². The fourth-order valence-electron chi connectivity index (χ4n) is 0.946. The van der Waals surface area contributed by atoms with Crippen LogP contribution < -0.4 is 0 Å². The van der Waals surface area contributed by atoms with Gasteiger partial charge in [-0.05, 0) is 34.1 Å². The molecule has 0 spiro atoms. The van der Waals surface area contributed by atoms with Gasteiger partial charge in [-0.3, -0.25) is 4.99 Å². The summed E-state index contributed by atoms with van der Waals surface area (Å²) in [6, 6.07) is 0. The second kappa shape index (κ2) is 7.74. The maximum absolute atomic E-state index is 5.53. The summed E-state index contributed by atoms with van der Waals surface area (Å²) in [4.78, 5) is 4.41. The molecule has 14 heavy (non-hydrogen) atoms. The van der Waals surface area contributed by atoms with E-state index in [9.17, 15) is 0 Å². The summed E-state index contributed by atoms with van der Waals surface area (Å²) < 4.78 is 5.53. The minimum absolute atomic E-state index is 0.281. The fourth-order valence-corrected chi connectivity index (χ4v) is 0.946. The van der Waals surface area contributed by atoms with Crippen LogP contribution in [0.3, 0.4) is 0 Å². The van der Waals surface area contributed by atoms with E-state index < -0.39 is 0 Å². The molecule has 0 fully saturated rings. The first-order chi connectivity index (χ1) is 6.56. The molecule has 2 heteroatoms. The number of aliphatic imine (C=N–C) groups is 1. The van der Waals surface area contributed by atoms with Gasteiger partial charge in [0, 0.05) is 11.9 Å². The highest BCUT2D eigenvalue weighted by atomic mass is 16.5. The van der Waals surface area contributed by atoms with Crippen LogP contribution in [0.1, 0.15) is 47.5 Å². The van der Waals surface area contributed by atoms with Crippen LogP contribution in [0, 0.1) is 0 Å². The molecule has 0 aliphatic carbocycles. The lowest BCUT2D eigenvalue weighted by Crippen LogP contribution is -2.13. The summed E-state index contributed by atoms with van der Waals surface area (Å²) in [7, 11) is 0. The molecule has 0 radical (unpaired) electrons. The van der Waals surface area contributed by atoms with Crippen molar-refractivity contribution in [2.24, 2.45) is 4.99 Å². The predicted molar refractivity (Wildman–Crippen MR) is 62.9 cm³/mol. The van der Waals surface area contributed by atoms with Crippen molar-refractivity contribution in [1.82, 2.24) is 0 Å². The highest BCUT2D eigenvalue weighted by Crippen LogP contribution is 1.99. The van der Waals surface area contributed by atoms with Gasteiger partial charge in [0.15, 0.2) is 0 Å². The van der Waals surface area contributed by atoms with Gasteiger partial charge in [0.1, 0.15) is 0 Å². The first kappa shape index (κ1) is 13.4. The van der Waals surface area contributed by atoms with E-state index in [1.807, 2.05) is 20.0 Å². The standard InChI is InChI=1S/C12H23NO/c1-6-7-12(9-14-11(4)5)13-8-10(2)3/h8,11H,6-7,9H2,1-5H3. The predicted octanol–water partition coefficient (Wildman–Crippen LogP) is 3.58. The lowest BCUT2D eigenvalue weighted by Gasteiger charge is -2.08. The molecule has 0 saturated heterocycles. The van der Waals surface area contributed by atoms with Crippen LogP contribution in [0.25, 0.3) is 0 Å². The zero-order valence-corrected chi connectivity index (χ0v) is 10.1. The van der Waals surface area contributed by atoms with Gasteiger partial charge in [-0.15, -0.1) is 0 Å². The third-order valence-electron chi connectivity index (χ3n) is 1.63. The van der Waals surface area contributed by atoms with Crippen LogP contribution in [-0.4, -0.2) is 18.4 Å². The van der Waals surface area contributed by atoms with E-state index in [0.717, 1.165) is 18.6 Å². The normalized spacial score (nSPS) is 12.0. The van der Waals surface area contributed by atoms with Crippen molar-refractivity contribution in [2.75, 3.05) is 6.61 Å². The Morgan fingerprint density at radius 3 is 2.43 bits per heavy atom. The molecule has 0 rings (SSSR count). The summed E-state index contributed by atoms with van der Waals surface area (Å²) in [5, 5.41) is 0. The van der Waals surface area contributed by atoms with Gasteiger partial charge < -0.3 is 4.74 Å². The van der Waals surface area contributed by atoms with Gasteiger partial charge in [0.2, 0.25) is 0 Å². The van der Waals surface area contributed by atoms with Crippen LogP contribution in [0.4, 0.5) is 0 Å². The number of nitrogens with zero attached hydrogens (tertiary/aromatic N) is 1. The Balaban J connectivity index is 4.14. The van der Waals surface area contributed by atoms with Crippen molar-refractivity contribution in [2.45, 2.75) is 53.6 Å². The van der Waals surface area contributed by atoms with Gasteiger partial charge in [-0.1, -0.05) is 18.9 Å². The van der Waals surface area contributed by atoms with Gasteiger partial charge in [0.25, 0.3) is 0 Å². The summed E-state index contributed by atoms with van der Waals surface area (Å²) >= 11 is 0. The molecule has 0 amide bonds. The number of ether oxygens (including phenoxy) is 1. The van der Waals surface area contributed by atoms with Crippen LogP contribution in [0.2, 0.25) is 0 Å². The van der Waals surface area contributed by atoms with E-state index in [-0.39, 0.29) is 6.10 Å². The van der Waals surface area contributed by atoms with Crippen molar-refractivity contribution in [3.8, 4) is 0 Å². The smallest absolute Gasteiger partial charge is 0.0852 e. The Labute approximate surface area is 88.1 Å². The fraction of sp³-hybridized carbons (Fsp3) is 0.750. The monoisotopic (exact) mass is 197 g/mol. The molecule has 0 bridgehead atoms. The molecule has 0 aromatic heterocycles. The molecule has 0 aromatic rings. The Kier molecular flexibility index (Phi) is 7.40. The molecule has 82 valence electrons. The molecule has 0 unspecified atom stereocenters.